The molecule has 0 saturated carbocycles. The van der Waals surface area contributed by atoms with E-state index in [9.17, 15) is 4.79 Å². The van der Waals surface area contributed by atoms with Crippen molar-refractivity contribution >= 4 is 23.0 Å². The molecule has 0 amide bonds. The van der Waals surface area contributed by atoms with Gasteiger partial charge >= 0.3 is 5.97 Å². The van der Waals surface area contributed by atoms with Gasteiger partial charge in [0.2, 0.25) is 0 Å². The van der Waals surface area contributed by atoms with E-state index in [1.54, 1.807) is 11.3 Å². The molecule has 0 aliphatic carbocycles. The third-order valence-electron chi connectivity index (χ3n) is 3.32. The molecule has 0 N–H and O–H groups in total. The van der Waals surface area contributed by atoms with Gasteiger partial charge in [0.05, 0.1) is 24.7 Å². The molecule has 4 nitrogen and oxygen atoms in total. The van der Waals surface area contributed by atoms with Crippen molar-refractivity contribution in [3.05, 3.63) is 45.9 Å². The molecule has 0 spiro atoms. The summed E-state index contributed by atoms with van der Waals surface area (Å²) in [7, 11) is 1.41. The molecule has 1 aliphatic rings. The molecule has 2 heterocycles. The number of methoxy groups -OCH3 is 1. The van der Waals surface area contributed by atoms with Crippen molar-refractivity contribution in [2.75, 3.05) is 18.6 Å². The van der Waals surface area contributed by atoms with Crippen LogP contribution in [0, 0.1) is 0 Å². The Bertz CT molecular complexity index is 595. The van der Waals surface area contributed by atoms with Crippen LogP contribution in [0.4, 0.5) is 5.69 Å². The van der Waals surface area contributed by atoms with E-state index in [1.165, 1.54) is 23.2 Å². The van der Waals surface area contributed by atoms with Crippen LogP contribution < -0.4 is 4.90 Å². The van der Waals surface area contributed by atoms with Gasteiger partial charge in [-0.25, -0.2) is 4.79 Å². The number of esters is 1. The number of benzene rings is 1. The van der Waals surface area contributed by atoms with E-state index < -0.39 is 0 Å². The SMILES string of the molecule is COC(=O)c1ccc2c(c1)CCN2Cc1cncs1. The van der Waals surface area contributed by atoms with Gasteiger partial charge in [0.1, 0.15) is 0 Å². The summed E-state index contributed by atoms with van der Waals surface area (Å²) in [4.78, 5) is 19.2. The number of thiazole rings is 1. The van der Waals surface area contributed by atoms with Crippen LogP contribution >= 0.6 is 11.3 Å². The Morgan fingerprint density at radius 3 is 3.16 bits per heavy atom. The van der Waals surface area contributed by atoms with E-state index >= 15 is 0 Å². The first kappa shape index (κ1) is 12.2. The minimum atomic E-state index is -0.274. The summed E-state index contributed by atoms with van der Waals surface area (Å²) in [6.45, 7) is 1.87. The predicted octanol–water partition coefficient (Wildman–Crippen LogP) is 2.49. The fourth-order valence-corrected chi connectivity index (χ4v) is 3.00. The van der Waals surface area contributed by atoms with Crippen LogP contribution in [0.2, 0.25) is 0 Å². The molecule has 0 unspecified atom stereocenters. The first-order valence-electron chi connectivity index (χ1n) is 6.11. The van der Waals surface area contributed by atoms with Crippen molar-refractivity contribution in [2.24, 2.45) is 0 Å². The number of fused-ring (bicyclic) bond motifs is 1. The maximum absolute atomic E-state index is 11.5. The van der Waals surface area contributed by atoms with Crippen molar-refractivity contribution in [3.8, 4) is 0 Å². The van der Waals surface area contributed by atoms with E-state index in [-0.39, 0.29) is 5.97 Å². The number of nitrogens with zero attached hydrogens (tertiary/aromatic N) is 2. The molecule has 98 valence electrons. The summed E-state index contributed by atoms with van der Waals surface area (Å²) in [5.74, 6) is -0.274. The van der Waals surface area contributed by atoms with E-state index in [4.69, 9.17) is 4.74 Å². The molecule has 19 heavy (non-hydrogen) atoms. The normalized spacial score (nSPS) is 13.4. The second-order valence-electron chi connectivity index (χ2n) is 4.47. The van der Waals surface area contributed by atoms with Crippen LogP contribution in [-0.2, 0) is 17.7 Å². The number of ether oxygens (including phenoxy) is 1. The van der Waals surface area contributed by atoms with Crippen LogP contribution in [0.1, 0.15) is 20.8 Å². The Morgan fingerprint density at radius 1 is 1.53 bits per heavy atom. The van der Waals surface area contributed by atoms with Gasteiger partial charge in [0.25, 0.3) is 0 Å². The summed E-state index contributed by atoms with van der Waals surface area (Å²) in [5, 5.41) is 0. The maximum atomic E-state index is 11.5. The highest BCUT2D eigenvalue weighted by molar-refractivity contribution is 7.09. The predicted molar refractivity (Wildman–Crippen MR) is 74.6 cm³/mol. The zero-order valence-corrected chi connectivity index (χ0v) is 11.4. The molecule has 5 heteroatoms. The Hall–Kier alpha value is -1.88. The van der Waals surface area contributed by atoms with Gasteiger partial charge in [-0.15, -0.1) is 11.3 Å². The molecular weight excluding hydrogens is 260 g/mol. The Kier molecular flexibility index (Phi) is 3.21. The lowest BCUT2D eigenvalue weighted by molar-refractivity contribution is 0.0600. The lowest BCUT2D eigenvalue weighted by Crippen LogP contribution is -2.18. The zero-order valence-electron chi connectivity index (χ0n) is 10.6. The highest BCUT2D eigenvalue weighted by Crippen LogP contribution is 2.30. The van der Waals surface area contributed by atoms with Gasteiger partial charge in [-0.2, -0.15) is 0 Å². The molecule has 1 aromatic heterocycles. The Labute approximate surface area is 115 Å². The van der Waals surface area contributed by atoms with Crippen LogP contribution in [0.3, 0.4) is 0 Å². The summed E-state index contributed by atoms with van der Waals surface area (Å²) < 4.78 is 4.75. The van der Waals surface area contributed by atoms with Gasteiger partial charge < -0.3 is 9.64 Å². The van der Waals surface area contributed by atoms with Crippen LogP contribution in [0.15, 0.2) is 29.9 Å². The molecule has 1 aliphatic heterocycles. The van der Waals surface area contributed by atoms with E-state index in [1.807, 2.05) is 29.9 Å². The summed E-state index contributed by atoms with van der Waals surface area (Å²) in [6, 6.07) is 5.78. The standard InChI is InChI=1S/C14H14N2O2S/c1-18-14(17)11-2-3-13-10(6-11)4-5-16(13)8-12-7-15-9-19-12/h2-3,6-7,9H,4-5,8H2,1H3. The van der Waals surface area contributed by atoms with Gasteiger partial charge in [-0.1, -0.05) is 0 Å². The monoisotopic (exact) mass is 274 g/mol. The van der Waals surface area contributed by atoms with Gasteiger partial charge in [-0.05, 0) is 30.2 Å². The molecule has 0 radical (unpaired) electrons. The van der Waals surface area contributed by atoms with Gasteiger partial charge in [-0.3, -0.25) is 4.98 Å². The summed E-state index contributed by atoms with van der Waals surface area (Å²) >= 11 is 1.67. The molecule has 0 saturated heterocycles. The fourth-order valence-electron chi connectivity index (χ4n) is 2.39. The molecule has 0 fully saturated rings. The Balaban J connectivity index is 1.83. The number of hydrogen-bond acceptors (Lipinski definition) is 5. The van der Waals surface area contributed by atoms with Gasteiger partial charge in [0, 0.05) is 23.3 Å². The smallest absolute Gasteiger partial charge is 0.337 e. The first-order chi connectivity index (χ1) is 9.28. The number of carbonyl (C=O) groups is 1. The molecule has 0 bridgehead atoms. The second-order valence-corrected chi connectivity index (χ2v) is 5.45. The van der Waals surface area contributed by atoms with E-state index in [2.05, 4.69) is 9.88 Å². The first-order valence-corrected chi connectivity index (χ1v) is 6.99. The van der Waals surface area contributed by atoms with Crippen LogP contribution in [-0.4, -0.2) is 24.6 Å². The molecule has 3 rings (SSSR count). The van der Waals surface area contributed by atoms with Gasteiger partial charge in [0.15, 0.2) is 0 Å². The molecule has 1 aromatic carbocycles. The number of aromatic nitrogens is 1. The topological polar surface area (TPSA) is 42.4 Å². The van der Waals surface area contributed by atoms with Crippen molar-refractivity contribution < 1.29 is 9.53 Å². The Morgan fingerprint density at radius 2 is 2.42 bits per heavy atom. The van der Waals surface area contributed by atoms with Crippen LogP contribution in [0.25, 0.3) is 0 Å². The van der Waals surface area contributed by atoms with Crippen molar-refractivity contribution in [1.29, 1.82) is 0 Å². The number of rotatable bonds is 3. The quantitative estimate of drug-likeness (QED) is 0.806. The van der Waals surface area contributed by atoms with Crippen molar-refractivity contribution in [1.82, 2.24) is 4.98 Å². The molecular formula is C14H14N2O2S. The van der Waals surface area contributed by atoms with E-state index in [0.717, 1.165) is 19.5 Å². The molecule has 2 aromatic rings. The number of carbonyl (C=O) groups excluding carboxylic acids is 1. The van der Waals surface area contributed by atoms with Crippen LogP contribution in [0.5, 0.6) is 0 Å². The maximum Gasteiger partial charge on any atom is 0.337 e. The summed E-state index contributed by atoms with van der Waals surface area (Å²) in [5.41, 5.74) is 4.90. The highest BCUT2D eigenvalue weighted by Gasteiger charge is 2.21. The second kappa shape index (κ2) is 5.01. The third-order valence-corrected chi connectivity index (χ3v) is 4.09. The van der Waals surface area contributed by atoms with Crippen molar-refractivity contribution in [3.63, 3.8) is 0 Å². The number of hydrogen-bond donors (Lipinski definition) is 0. The largest absolute Gasteiger partial charge is 0.465 e. The highest BCUT2D eigenvalue weighted by atomic mass is 32.1. The third kappa shape index (κ3) is 2.33. The minimum absolute atomic E-state index is 0.274. The average molecular weight is 274 g/mol. The lowest BCUT2D eigenvalue weighted by atomic mass is 10.1. The fraction of sp³-hybridized carbons (Fsp3) is 0.286. The number of anilines is 1. The van der Waals surface area contributed by atoms with Crippen molar-refractivity contribution in [2.45, 2.75) is 13.0 Å². The minimum Gasteiger partial charge on any atom is -0.465 e. The molecule has 0 atom stereocenters. The average Bonchev–Trinajstić information content (AvgIpc) is 3.08. The summed E-state index contributed by atoms with van der Waals surface area (Å²) in [6.07, 6.45) is 2.88. The van der Waals surface area contributed by atoms with E-state index in [0.29, 0.717) is 5.56 Å². The lowest BCUT2D eigenvalue weighted by Gasteiger charge is -2.18. The zero-order chi connectivity index (χ0) is 13.2.